The summed E-state index contributed by atoms with van der Waals surface area (Å²) in [6.07, 6.45) is 0. The molecule has 0 saturated heterocycles. The SMILES string of the molecule is c1ccc(-c2ccc3c(-c4nc(-c5ccccc5)nc(-c5cccc6ccc(-c7ccccc7)cc56)n4)cccc3c2)cc1. The molecular weight excluding hydrogens is 534 g/mol. The summed E-state index contributed by atoms with van der Waals surface area (Å²) in [4.78, 5) is 15.3. The minimum absolute atomic E-state index is 0.653. The Bertz CT molecular complexity index is 2260. The van der Waals surface area contributed by atoms with Crippen LogP contribution in [-0.2, 0) is 0 Å². The molecule has 0 N–H and O–H groups in total. The molecule has 0 atom stereocenters. The van der Waals surface area contributed by atoms with Gasteiger partial charge in [-0.15, -0.1) is 0 Å². The third-order valence-corrected chi connectivity index (χ3v) is 8.13. The standard InChI is InChI=1S/C41H27N3/c1-4-12-28(13-5-1)32-24-25-35-34(26-32)19-11-20-36(35)40-42-39(31-16-8-3-9-17-31)43-41(44-40)37-21-10-18-30-22-23-33(27-38(30)37)29-14-6-2-7-15-29/h1-27H. The van der Waals surface area contributed by atoms with Gasteiger partial charge >= 0.3 is 0 Å². The normalized spacial score (nSPS) is 11.2. The van der Waals surface area contributed by atoms with Crippen molar-refractivity contribution in [1.82, 2.24) is 15.0 Å². The third-order valence-electron chi connectivity index (χ3n) is 8.13. The molecular formula is C41H27N3. The van der Waals surface area contributed by atoms with Crippen molar-refractivity contribution < 1.29 is 0 Å². The molecule has 0 fully saturated rings. The highest BCUT2D eigenvalue weighted by Gasteiger charge is 2.16. The van der Waals surface area contributed by atoms with E-state index in [1.807, 2.05) is 30.3 Å². The van der Waals surface area contributed by atoms with Gasteiger partial charge in [-0.3, -0.25) is 0 Å². The lowest BCUT2D eigenvalue weighted by Gasteiger charge is -2.13. The number of fused-ring (bicyclic) bond motifs is 2. The number of rotatable bonds is 5. The van der Waals surface area contributed by atoms with E-state index in [9.17, 15) is 0 Å². The molecule has 1 aromatic heterocycles. The molecule has 0 amide bonds. The van der Waals surface area contributed by atoms with Crippen LogP contribution in [0.25, 0.3) is 78.0 Å². The van der Waals surface area contributed by atoms with Crippen LogP contribution in [0.2, 0.25) is 0 Å². The maximum Gasteiger partial charge on any atom is 0.164 e. The Kier molecular flexibility index (Phi) is 6.47. The zero-order valence-electron chi connectivity index (χ0n) is 23.9. The molecule has 1 heterocycles. The van der Waals surface area contributed by atoms with Crippen LogP contribution in [0.3, 0.4) is 0 Å². The van der Waals surface area contributed by atoms with Crippen molar-refractivity contribution in [2.24, 2.45) is 0 Å². The zero-order valence-corrected chi connectivity index (χ0v) is 23.9. The first-order chi connectivity index (χ1) is 21.8. The van der Waals surface area contributed by atoms with Gasteiger partial charge in [0, 0.05) is 16.7 Å². The van der Waals surface area contributed by atoms with E-state index in [0.717, 1.165) is 43.8 Å². The molecule has 7 aromatic carbocycles. The number of benzene rings is 7. The van der Waals surface area contributed by atoms with Crippen molar-refractivity contribution in [2.45, 2.75) is 0 Å². The van der Waals surface area contributed by atoms with Crippen molar-refractivity contribution in [3.05, 3.63) is 164 Å². The fourth-order valence-electron chi connectivity index (χ4n) is 5.90. The fourth-order valence-corrected chi connectivity index (χ4v) is 5.90. The lowest BCUT2D eigenvalue weighted by atomic mass is 9.97. The summed E-state index contributed by atoms with van der Waals surface area (Å²) in [5.41, 5.74) is 7.62. The molecule has 0 unspecified atom stereocenters. The van der Waals surface area contributed by atoms with Crippen molar-refractivity contribution in [1.29, 1.82) is 0 Å². The smallest absolute Gasteiger partial charge is 0.164 e. The lowest BCUT2D eigenvalue weighted by molar-refractivity contribution is 1.08. The Morgan fingerprint density at radius 2 is 0.773 bits per heavy atom. The third kappa shape index (κ3) is 4.81. The Labute approximate surface area is 256 Å². The van der Waals surface area contributed by atoms with Crippen LogP contribution in [0.1, 0.15) is 0 Å². The minimum Gasteiger partial charge on any atom is -0.208 e. The van der Waals surface area contributed by atoms with Gasteiger partial charge in [0.15, 0.2) is 17.5 Å². The summed E-state index contributed by atoms with van der Waals surface area (Å²) in [6.45, 7) is 0. The van der Waals surface area contributed by atoms with E-state index in [2.05, 4.69) is 133 Å². The average molecular weight is 562 g/mol. The van der Waals surface area contributed by atoms with E-state index < -0.39 is 0 Å². The van der Waals surface area contributed by atoms with Crippen LogP contribution in [0, 0.1) is 0 Å². The van der Waals surface area contributed by atoms with Crippen LogP contribution >= 0.6 is 0 Å². The largest absolute Gasteiger partial charge is 0.208 e. The van der Waals surface area contributed by atoms with Gasteiger partial charge in [0.2, 0.25) is 0 Å². The summed E-state index contributed by atoms with van der Waals surface area (Å²) < 4.78 is 0. The maximum atomic E-state index is 5.16. The first-order valence-electron chi connectivity index (χ1n) is 14.8. The highest BCUT2D eigenvalue weighted by Crippen LogP contribution is 2.35. The van der Waals surface area contributed by atoms with Crippen molar-refractivity contribution in [2.75, 3.05) is 0 Å². The average Bonchev–Trinajstić information content (AvgIpc) is 3.11. The second-order valence-corrected chi connectivity index (χ2v) is 10.9. The Morgan fingerprint density at radius 1 is 0.273 bits per heavy atom. The molecule has 0 saturated carbocycles. The van der Waals surface area contributed by atoms with E-state index in [1.165, 1.54) is 16.7 Å². The summed E-state index contributed by atoms with van der Waals surface area (Å²) in [5.74, 6) is 1.96. The summed E-state index contributed by atoms with van der Waals surface area (Å²) in [5, 5.41) is 4.50. The van der Waals surface area contributed by atoms with Crippen molar-refractivity contribution >= 4 is 21.5 Å². The van der Waals surface area contributed by atoms with Gasteiger partial charge in [-0.05, 0) is 55.9 Å². The van der Waals surface area contributed by atoms with Gasteiger partial charge < -0.3 is 0 Å². The molecule has 0 aliphatic rings. The van der Waals surface area contributed by atoms with E-state index in [0.29, 0.717) is 17.5 Å². The first-order valence-corrected chi connectivity index (χ1v) is 14.8. The van der Waals surface area contributed by atoms with Gasteiger partial charge in [0.1, 0.15) is 0 Å². The second kappa shape index (κ2) is 11.0. The number of nitrogens with zero attached hydrogens (tertiary/aromatic N) is 3. The van der Waals surface area contributed by atoms with Crippen LogP contribution in [0.4, 0.5) is 0 Å². The minimum atomic E-state index is 0.653. The summed E-state index contributed by atoms with van der Waals surface area (Å²) in [6, 6.07) is 57.0. The molecule has 8 aromatic rings. The molecule has 206 valence electrons. The zero-order chi connectivity index (χ0) is 29.3. The maximum absolute atomic E-state index is 5.16. The van der Waals surface area contributed by atoms with Crippen molar-refractivity contribution in [3.8, 4) is 56.4 Å². The Hall–Kier alpha value is -5.93. The molecule has 0 spiro atoms. The fraction of sp³-hybridized carbons (Fsp3) is 0. The van der Waals surface area contributed by atoms with Crippen LogP contribution in [0.5, 0.6) is 0 Å². The molecule has 8 rings (SSSR count). The van der Waals surface area contributed by atoms with Gasteiger partial charge in [-0.25, -0.2) is 15.0 Å². The summed E-state index contributed by atoms with van der Waals surface area (Å²) >= 11 is 0. The number of aromatic nitrogens is 3. The van der Waals surface area contributed by atoms with Gasteiger partial charge in [-0.2, -0.15) is 0 Å². The summed E-state index contributed by atoms with van der Waals surface area (Å²) in [7, 11) is 0. The number of hydrogen-bond donors (Lipinski definition) is 0. The molecule has 0 aliphatic carbocycles. The quantitative estimate of drug-likeness (QED) is 0.210. The van der Waals surface area contributed by atoms with E-state index in [4.69, 9.17) is 15.0 Å². The molecule has 0 bridgehead atoms. The topological polar surface area (TPSA) is 38.7 Å². The van der Waals surface area contributed by atoms with Crippen LogP contribution < -0.4 is 0 Å². The van der Waals surface area contributed by atoms with Gasteiger partial charge in [0.25, 0.3) is 0 Å². The Balaban J connectivity index is 1.33. The Morgan fingerprint density at radius 3 is 1.41 bits per heavy atom. The first kappa shape index (κ1) is 25.8. The predicted octanol–water partition coefficient (Wildman–Crippen LogP) is 10.5. The molecule has 0 radical (unpaired) electrons. The van der Waals surface area contributed by atoms with Crippen LogP contribution in [0.15, 0.2) is 164 Å². The second-order valence-electron chi connectivity index (χ2n) is 10.9. The van der Waals surface area contributed by atoms with Gasteiger partial charge in [-0.1, -0.05) is 152 Å². The predicted molar refractivity (Wildman–Crippen MR) is 182 cm³/mol. The van der Waals surface area contributed by atoms with E-state index >= 15 is 0 Å². The van der Waals surface area contributed by atoms with Crippen molar-refractivity contribution in [3.63, 3.8) is 0 Å². The highest BCUT2D eigenvalue weighted by molar-refractivity contribution is 6.00. The molecule has 0 aliphatic heterocycles. The van der Waals surface area contributed by atoms with E-state index in [1.54, 1.807) is 0 Å². The van der Waals surface area contributed by atoms with E-state index in [-0.39, 0.29) is 0 Å². The molecule has 44 heavy (non-hydrogen) atoms. The molecule has 3 heteroatoms. The highest BCUT2D eigenvalue weighted by atomic mass is 15.0. The van der Waals surface area contributed by atoms with Crippen LogP contribution in [-0.4, -0.2) is 15.0 Å². The lowest BCUT2D eigenvalue weighted by Crippen LogP contribution is -2.01. The number of hydrogen-bond acceptors (Lipinski definition) is 3. The monoisotopic (exact) mass is 561 g/mol. The molecule has 3 nitrogen and oxygen atoms in total. The van der Waals surface area contributed by atoms with Gasteiger partial charge in [0.05, 0.1) is 0 Å².